The molecule has 1 amide bonds. The van der Waals surface area contributed by atoms with Crippen LogP contribution in [0, 0.1) is 11.3 Å². The second kappa shape index (κ2) is 7.68. The van der Waals surface area contributed by atoms with Crippen LogP contribution in [0.3, 0.4) is 0 Å². The van der Waals surface area contributed by atoms with Crippen LogP contribution >= 0.6 is 11.8 Å². The molecule has 0 spiro atoms. The van der Waals surface area contributed by atoms with E-state index in [-0.39, 0.29) is 10.6 Å². The number of carbonyl (C=O) groups is 1. The first-order valence-electron chi connectivity index (χ1n) is 8.53. The van der Waals surface area contributed by atoms with Gasteiger partial charge in [0.05, 0.1) is 22.9 Å². The van der Waals surface area contributed by atoms with Gasteiger partial charge >= 0.3 is 12.4 Å². The maximum absolute atomic E-state index is 13.4. The Morgan fingerprint density at radius 3 is 2.23 bits per heavy atom. The predicted octanol–water partition coefficient (Wildman–Crippen LogP) is 5.08. The van der Waals surface area contributed by atoms with Crippen LogP contribution in [0.4, 0.5) is 32.0 Å². The fourth-order valence-electron chi connectivity index (χ4n) is 2.58. The fourth-order valence-corrected chi connectivity index (χ4v) is 3.63. The predicted molar refractivity (Wildman–Crippen MR) is 100 cm³/mol. The number of alkyl halides is 6. The molecule has 1 unspecified atom stereocenters. The molecule has 5 nitrogen and oxygen atoms in total. The summed E-state index contributed by atoms with van der Waals surface area (Å²) in [6.07, 6.45) is -10.4. The Bertz CT molecular complexity index is 927. The van der Waals surface area contributed by atoms with Crippen LogP contribution < -0.4 is 10.7 Å². The number of hydrogen-bond donors (Lipinski definition) is 2. The number of nitrogens with zero attached hydrogens (tertiary/aromatic N) is 2. The van der Waals surface area contributed by atoms with Gasteiger partial charge in [0.15, 0.2) is 0 Å². The largest absolute Gasteiger partial charge is 0.431 e. The average molecular weight is 452 g/mol. The normalized spacial score (nSPS) is 19.7. The Labute approximate surface area is 172 Å². The molecule has 1 heterocycles. The topological polar surface area (TPSA) is 77.3 Å². The minimum Gasteiger partial charge on any atom is -0.323 e. The maximum Gasteiger partial charge on any atom is 0.431 e. The Balaban J connectivity index is 2.44. The summed E-state index contributed by atoms with van der Waals surface area (Å²) in [6, 6.07) is 3.12. The number of hydrazone groups is 1. The minimum absolute atomic E-state index is 0.180. The van der Waals surface area contributed by atoms with Crippen molar-refractivity contribution in [3.8, 4) is 6.07 Å². The summed E-state index contributed by atoms with van der Waals surface area (Å²) in [4.78, 5) is 12.9. The third-order valence-electron chi connectivity index (χ3n) is 4.00. The zero-order valence-corrected chi connectivity index (χ0v) is 17.2. The lowest BCUT2D eigenvalue weighted by Gasteiger charge is -2.26. The van der Waals surface area contributed by atoms with Crippen LogP contribution in [0.2, 0.25) is 0 Å². The second-order valence-corrected chi connectivity index (χ2v) is 9.72. The summed E-state index contributed by atoms with van der Waals surface area (Å²) in [5, 5.41) is 14.5. The first kappa shape index (κ1) is 23.9. The molecular weight excluding hydrogens is 434 g/mol. The van der Waals surface area contributed by atoms with Gasteiger partial charge < -0.3 is 5.32 Å². The molecular formula is C18H18F6N4OS. The average Bonchev–Trinajstić information content (AvgIpc) is 2.97. The highest BCUT2D eigenvalue weighted by molar-refractivity contribution is 8.00. The van der Waals surface area contributed by atoms with Gasteiger partial charge in [-0.1, -0.05) is 20.8 Å². The molecule has 1 aromatic carbocycles. The Morgan fingerprint density at radius 1 is 1.20 bits per heavy atom. The third kappa shape index (κ3) is 5.38. The lowest BCUT2D eigenvalue weighted by molar-refractivity contribution is -0.137. The minimum atomic E-state index is -4.86. The van der Waals surface area contributed by atoms with Crippen molar-refractivity contribution < 1.29 is 31.1 Å². The lowest BCUT2D eigenvalue weighted by Crippen LogP contribution is -2.48. The van der Waals surface area contributed by atoms with E-state index in [2.05, 4.69) is 15.8 Å². The van der Waals surface area contributed by atoms with E-state index < -0.39 is 51.8 Å². The molecule has 0 saturated carbocycles. The smallest absolute Gasteiger partial charge is 0.323 e. The van der Waals surface area contributed by atoms with Gasteiger partial charge in [0.2, 0.25) is 0 Å². The number of nitriles is 1. The number of hydrogen-bond acceptors (Lipinski definition) is 5. The van der Waals surface area contributed by atoms with Gasteiger partial charge in [0.25, 0.3) is 5.91 Å². The molecule has 0 saturated heterocycles. The molecule has 1 atom stereocenters. The standard InChI is InChI=1S/C18H18F6N4OS/c1-15(2,3)30-12-5-9(8-25)10(17(19,20)21)6-11(12)26-14(29)16(4)7-13(27-28-16)18(22,23)24/h5-6,28H,7H2,1-4H3,(H,26,29). The monoisotopic (exact) mass is 452 g/mol. The van der Waals surface area contributed by atoms with Crippen LogP contribution in [-0.4, -0.2) is 28.1 Å². The molecule has 1 aliphatic rings. The Morgan fingerprint density at radius 2 is 1.80 bits per heavy atom. The third-order valence-corrected chi connectivity index (χ3v) is 5.17. The molecule has 2 N–H and O–H groups in total. The molecule has 30 heavy (non-hydrogen) atoms. The van der Waals surface area contributed by atoms with E-state index in [1.54, 1.807) is 20.8 Å². The molecule has 1 aromatic rings. The second-order valence-electron chi connectivity index (χ2n) is 7.85. The van der Waals surface area contributed by atoms with E-state index in [9.17, 15) is 31.1 Å². The van der Waals surface area contributed by atoms with E-state index in [1.165, 1.54) is 6.07 Å². The van der Waals surface area contributed by atoms with Crippen molar-refractivity contribution in [2.75, 3.05) is 5.32 Å². The van der Waals surface area contributed by atoms with Gasteiger partial charge in [-0.15, -0.1) is 11.8 Å². The highest BCUT2D eigenvalue weighted by Crippen LogP contribution is 2.42. The number of nitrogens with one attached hydrogen (secondary N) is 2. The lowest BCUT2D eigenvalue weighted by atomic mass is 9.95. The van der Waals surface area contributed by atoms with Crippen molar-refractivity contribution in [1.82, 2.24) is 5.43 Å². The van der Waals surface area contributed by atoms with Crippen LogP contribution in [0.5, 0.6) is 0 Å². The molecule has 0 fully saturated rings. The van der Waals surface area contributed by atoms with Crippen LogP contribution in [-0.2, 0) is 11.0 Å². The highest BCUT2D eigenvalue weighted by atomic mass is 32.2. The molecule has 2 rings (SSSR count). The van der Waals surface area contributed by atoms with Crippen molar-refractivity contribution >= 4 is 29.1 Å². The van der Waals surface area contributed by atoms with E-state index in [0.29, 0.717) is 6.07 Å². The number of benzene rings is 1. The zero-order valence-electron chi connectivity index (χ0n) is 16.3. The number of amides is 1. The molecule has 0 aromatic heterocycles. The van der Waals surface area contributed by atoms with Crippen molar-refractivity contribution in [1.29, 1.82) is 5.26 Å². The molecule has 0 aliphatic carbocycles. The van der Waals surface area contributed by atoms with Crippen molar-refractivity contribution in [3.05, 3.63) is 23.3 Å². The van der Waals surface area contributed by atoms with Gasteiger partial charge in [-0.25, -0.2) is 0 Å². The molecule has 0 radical (unpaired) electrons. The van der Waals surface area contributed by atoms with Crippen LogP contribution in [0.15, 0.2) is 22.1 Å². The fraction of sp³-hybridized carbons (Fsp3) is 0.500. The number of halogens is 6. The van der Waals surface area contributed by atoms with E-state index >= 15 is 0 Å². The number of thioether (sulfide) groups is 1. The molecule has 164 valence electrons. The first-order chi connectivity index (χ1) is 13.5. The van der Waals surface area contributed by atoms with Gasteiger partial charge in [0.1, 0.15) is 11.3 Å². The molecule has 0 bridgehead atoms. The van der Waals surface area contributed by atoms with Gasteiger partial charge in [-0.05, 0) is 19.1 Å². The molecule has 1 aliphatic heterocycles. The zero-order chi connectivity index (χ0) is 23.1. The summed E-state index contributed by atoms with van der Waals surface area (Å²) in [5.74, 6) is -0.987. The quantitative estimate of drug-likeness (QED) is 0.496. The van der Waals surface area contributed by atoms with Crippen LogP contribution in [0.1, 0.15) is 45.2 Å². The van der Waals surface area contributed by atoms with Crippen LogP contribution in [0.25, 0.3) is 0 Å². The highest BCUT2D eigenvalue weighted by Gasteiger charge is 2.48. The summed E-state index contributed by atoms with van der Waals surface area (Å²) < 4.78 is 78.1. The summed E-state index contributed by atoms with van der Waals surface area (Å²) in [5.41, 5.74) is -3.01. The van der Waals surface area contributed by atoms with Crippen molar-refractivity contribution in [3.63, 3.8) is 0 Å². The van der Waals surface area contributed by atoms with Gasteiger partial charge in [-0.2, -0.15) is 36.7 Å². The molecule has 12 heteroatoms. The van der Waals surface area contributed by atoms with Gasteiger partial charge in [0, 0.05) is 16.1 Å². The van der Waals surface area contributed by atoms with E-state index in [0.717, 1.165) is 24.8 Å². The number of rotatable bonds is 3. The summed E-state index contributed by atoms with van der Waals surface area (Å²) in [7, 11) is 0. The van der Waals surface area contributed by atoms with Gasteiger partial charge in [-0.3, -0.25) is 10.2 Å². The maximum atomic E-state index is 13.4. The number of carbonyl (C=O) groups excluding carboxylic acids is 1. The van der Waals surface area contributed by atoms with E-state index in [4.69, 9.17) is 5.26 Å². The first-order valence-corrected chi connectivity index (χ1v) is 9.35. The number of anilines is 1. The summed E-state index contributed by atoms with van der Waals surface area (Å²) >= 11 is 1.10. The SMILES string of the molecule is CC(C)(C)Sc1cc(C#N)c(C(F)(F)F)cc1NC(=O)C1(C)CC(C(F)(F)F)=NN1. The van der Waals surface area contributed by atoms with Crippen molar-refractivity contribution in [2.24, 2.45) is 5.10 Å². The van der Waals surface area contributed by atoms with Crippen molar-refractivity contribution in [2.45, 2.75) is 61.6 Å². The summed E-state index contributed by atoms with van der Waals surface area (Å²) in [6.45, 7) is 6.48. The Kier molecular flexibility index (Phi) is 6.11. The van der Waals surface area contributed by atoms with E-state index in [1.807, 2.05) is 0 Å². The Hall–Kier alpha value is -2.42.